The van der Waals surface area contributed by atoms with Gasteiger partial charge in [0, 0.05) is 47.4 Å². The number of halogens is 2. The number of likely N-dealkylation sites (tertiary alicyclic amines) is 1. The van der Waals surface area contributed by atoms with Gasteiger partial charge in [0.1, 0.15) is 23.0 Å². The Labute approximate surface area is 255 Å². The Bertz CT molecular complexity index is 1620. The number of benzene rings is 2. The number of fused-ring (bicyclic) bond motifs is 1. The second-order valence-corrected chi connectivity index (χ2v) is 11.4. The van der Waals surface area contributed by atoms with Gasteiger partial charge < -0.3 is 31.4 Å². The van der Waals surface area contributed by atoms with Crippen LogP contribution in [0.5, 0.6) is 0 Å². The monoisotopic (exact) mass is 607 g/mol. The molecule has 2 aromatic carbocycles. The summed E-state index contributed by atoms with van der Waals surface area (Å²) in [6.45, 7) is 7.23. The molecule has 2 aromatic heterocycles. The molecule has 10 nitrogen and oxygen atoms in total. The number of amidine groups is 1. The van der Waals surface area contributed by atoms with Crippen LogP contribution in [-0.2, 0) is 6.42 Å². The van der Waals surface area contributed by atoms with Gasteiger partial charge in [-0.05, 0) is 81.2 Å². The minimum absolute atomic E-state index is 0.0430. The predicted octanol–water partition coefficient (Wildman–Crippen LogP) is 5.94. The normalized spacial score (nSPS) is 16.6. The minimum Gasteiger partial charge on any atom is -0.461 e. The van der Waals surface area contributed by atoms with Crippen LogP contribution in [0.3, 0.4) is 0 Å². The fourth-order valence-electron chi connectivity index (χ4n) is 5.32. The molecule has 5 rings (SSSR count). The number of aromatic nitrogens is 2. The van der Waals surface area contributed by atoms with Crippen LogP contribution in [0.4, 0.5) is 17.5 Å². The quantitative estimate of drug-likeness (QED) is 0.110. The van der Waals surface area contributed by atoms with Gasteiger partial charge in [0.2, 0.25) is 5.96 Å². The number of guanidine groups is 1. The lowest BCUT2D eigenvalue weighted by molar-refractivity contribution is 0.327. The fraction of sp³-hybridized carbons (Fsp3) is 0.333. The zero-order valence-corrected chi connectivity index (χ0v) is 25.1. The van der Waals surface area contributed by atoms with Gasteiger partial charge in [-0.3, -0.25) is 5.41 Å². The lowest BCUT2D eigenvalue weighted by atomic mass is 9.94. The Morgan fingerprint density at radius 3 is 2.71 bits per heavy atom. The Morgan fingerprint density at radius 1 is 1.14 bits per heavy atom. The molecule has 0 saturated carbocycles. The number of nitrogens with zero attached hydrogens (tertiary/aromatic N) is 4. The van der Waals surface area contributed by atoms with E-state index >= 15 is 0 Å². The van der Waals surface area contributed by atoms with Crippen LogP contribution >= 0.6 is 23.2 Å². The van der Waals surface area contributed by atoms with E-state index < -0.39 is 0 Å². The molecule has 0 aliphatic carbocycles. The van der Waals surface area contributed by atoms with Gasteiger partial charge in [0.05, 0.1) is 10.0 Å². The summed E-state index contributed by atoms with van der Waals surface area (Å²) in [4.78, 5) is 16.0. The largest absolute Gasteiger partial charge is 0.461 e. The van der Waals surface area contributed by atoms with E-state index in [-0.39, 0.29) is 23.8 Å². The maximum absolute atomic E-state index is 7.72. The first-order valence-electron chi connectivity index (χ1n) is 13.9. The number of anilines is 2. The van der Waals surface area contributed by atoms with Gasteiger partial charge >= 0.3 is 0 Å². The maximum atomic E-state index is 7.72. The van der Waals surface area contributed by atoms with Crippen molar-refractivity contribution in [2.45, 2.75) is 39.2 Å². The molecule has 12 heteroatoms. The molecule has 0 amide bonds. The molecule has 0 radical (unpaired) electrons. The summed E-state index contributed by atoms with van der Waals surface area (Å²) in [5.41, 5.74) is 14.7. The Hall–Kier alpha value is -3.86. The molecule has 2 unspecified atom stereocenters. The molecule has 7 N–H and O–H groups in total. The molecular formula is C30H35Cl2N9O. The number of nitrogens with one attached hydrogen (secondary N) is 3. The number of aryl methyl sites for hydroxylation is 2. The number of hydrogen-bond donors (Lipinski definition) is 5. The Kier molecular flexibility index (Phi) is 9.15. The first-order valence-corrected chi connectivity index (χ1v) is 14.7. The molecule has 3 heterocycles. The van der Waals surface area contributed by atoms with Gasteiger partial charge in [0.15, 0.2) is 0 Å². The Balaban J connectivity index is 1.33. The van der Waals surface area contributed by atoms with Crippen molar-refractivity contribution in [3.63, 3.8) is 0 Å². The van der Waals surface area contributed by atoms with Crippen LogP contribution in [0.15, 0.2) is 57.9 Å². The Morgan fingerprint density at radius 2 is 1.98 bits per heavy atom. The number of furan rings is 1. The third-order valence-electron chi connectivity index (χ3n) is 7.49. The van der Waals surface area contributed by atoms with Crippen LogP contribution in [-0.4, -0.2) is 52.3 Å². The topological polar surface area (TPSA) is 154 Å². The van der Waals surface area contributed by atoms with Gasteiger partial charge in [0.25, 0.3) is 5.95 Å². The van der Waals surface area contributed by atoms with E-state index in [0.717, 1.165) is 61.3 Å². The SMILES string of the molecule is CCN1CCC(C(CCc2cc3cc(C(=N)N)ccc3o2)Nc2cc(C)nc(/N=C(\N)Nc3ccc(Cl)c(Cl)c3)n2)C1. The zero-order valence-electron chi connectivity index (χ0n) is 23.6. The fourth-order valence-corrected chi connectivity index (χ4v) is 5.61. The first kappa shape index (κ1) is 29.6. The van der Waals surface area contributed by atoms with Crippen LogP contribution in [0, 0.1) is 18.3 Å². The third-order valence-corrected chi connectivity index (χ3v) is 8.23. The lowest BCUT2D eigenvalue weighted by Gasteiger charge is -2.25. The molecular weight excluding hydrogens is 573 g/mol. The van der Waals surface area contributed by atoms with E-state index in [1.807, 2.05) is 37.3 Å². The van der Waals surface area contributed by atoms with Crippen molar-refractivity contribution >= 4 is 63.4 Å². The number of aliphatic imine (C=N–C) groups is 1. The predicted molar refractivity (Wildman–Crippen MR) is 171 cm³/mol. The van der Waals surface area contributed by atoms with Gasteiger partial charge in [-0.15, -0.1) is 0 Å². The van der Waals surface area contributed by atoms with Gasteiger partial charge in [-0.25, -0.2) is 4.98 Å². The summed E-state index contributed by atoms with van der Waals surface area (Å²) >= 11 is 12.1. The first-order chi connectivity index (χ1) is 20.2. The van der Waals surface area contributed by atoms with E-state index in [4.69, 9.17) is 44.5 Å². The molecule has 1 saturated heterocycles. The molecule has 220 valence electrons. The van der Waals surface area contributed by atoms with Crippen LogP contribution in [0.1, 0.15) is 36.8 Å². The van der Waals surface area contributed by atoms with Crippen LogP contribution in [0.2, 0.25) is 10.0 Å². The number of rotatable bonds is 10. The van der Waals surface area contributed by atoms with Crippen molar-refractivity contribution in [2.24, 2.45) is 22.4 Å². The summed E-state index contributed by atoms with van der Waals surface area (Å²) in [5.74, 6) is 2.46. The average molecular weight is 609 g/mol. The standard InChI is InChI=1S/C30H35Cl2N9O/c1-3-41-11-10-19(16-41)25(8-6-22-14-20-13-18(28(33)34)4-9-26(20)42-22)38-27-12-17(2)36-30(39-27)40-29(35)37-21-5-7-23(31)24(32)15-21/h4-5,7,9,12-15,19,25H,3,6,8,10-11,16H2,1-2H3,(H3,33,34)(H4,35,36,37,38,39,40). The van der Waals surface area contributed by atoms with Crippen molar-refractivity contribution in [1.82, 2.24) is 14.9 Å². The zero-order chi connectivity index (χ0) is 29.8. The van der Waals surface area contributed by atoms with Crippen molar-refractivity contribution < 1.29 is 4.42 Å². The highest BCUT2D eigenvalue weighted by Crippen LogP contribution is 2.28. The molecule has 0 bridgehead atoms. The second kappa shape index (κ2) is 13.0. The third kappa shape index (κ3) is 7.31. The molecule has 42 heavy (non-hydrogen) atoms. The summed E-state index contributed by atoms with van der Waals surface area (Å²) < 4.78 is 6.12. The van der Waals surface area contributed by atoms with Crippen LogP contribution < -0.4 is 22.1 Å². The minimum atomic E-state index is 0.0430. The summed E-state index contributed by atoms with van der Waals surface area (Å²) in [6, 6.07) is 14.8. The highest BCUT2D eigenvalue weighted by atomic mass is 35.5. The van der Waals surface area contributed by atoms with Crippen LogP contribution in [0.25, 0.3) is 11.0 Å². The van der Waals surface area contributed by atoms with E-state index in [1.165, 1.54) is 0 Å². The molecule has 1 aliphatic rings. The highest BCUT2D eigenvalue weighted by Gasteiger charge is 2.29. The summed E-state index contributed by atoms with van der Waals surface area (Å²) in [5, 5.41) is 16.2. The molecule has 0 spiro atoms. The van der Waals surface area contributed by atoms with Crippen molar-refractivity contribution in [2.75, 3.05) is 30.3 Å². The van der Waals surface area contributed by atoms with Crippen molar-refractivity contribution in [3.8, 4) is 0 Å². The van der Waals surface area contributed by atoms with Crippen molar-refractivity contribution in [3.05, 3.63) is 75.6 Å². The molecule has 1 fully saturated rings. The molecule has 2 atom stereocenters. The number of nitrogens with two attached hydrogens (primary N) is 2. The smallest absolute Gasteiger partial charge is 0.254 e. The summed E-state index contributed by atoms with van der Waals surface area (Å²) in [7, 11) is 0. The second-order valence-electron chi connectivity index (χ2n) is 10.6. The lowest BCUT2D eigenvalue weighted by Crippen LogP contribution is -2.32. The number of hydrogen-bond acceptors (Lipinski definition) is 7. The van der Waals surface area contributed by atoms with Gasteiger partial charge in [-0.1, -0.05) is 30.1 Å². The molecule has 1 aliphatic heterocycles. The van der Waals surface area contributed by atoms with Crippen molar-refractivity contribution in [1.29, 1.82) is 5.41 Å². The van der Waals surface area contributed by atoms with E-state index in [0.29, 0.717) is 33.0 Å². The maximum Gasteiger partial charge on any atom is 0.254 e. The molecule has 4 aromatic rings. The van der Waals surface area contributed by atoms with E-state index in [1.54, 1.807) is 18.2 Å². The average Bonchev–Trinajstić information content (AvgIpc) is 3.59. The van der Waals surface area contributed by atoms with Gasteiger partial charge in [-0.2, -0.15) is 9.98 Å². The van der Waals surface area contributed by atoms with E-state index in [9.17, 15) is 0 Å². The highest BCUT2D eigenvalue weighted by molar-refractivity contribution is 6.42. The number of nitrogen functional groups attached to an aromatic ring is 1. The van der Waals surface area contributed by atoms with E-state index in [2.05, 4.69) is 37.4 Å². The summed E-state index contributed by atoms with van der Waals surface area (Å²) in [6.07, 6.45) is 2.70.